The number of nitrogens with zero attached hydrogens (tertiary/aromatic N) is 1. The lowest BCUT2D eigenvalue weighted by molar-refractivity contribution is 0.0443. The van der Waals surface area contributed by atoms with Crippen molar-refractivity contribution >= 4 is 29.4 Å². The third kappa shape index (κ3) is 4.83. The van der Waals surface area contributed by atoms with Crippen LogP contribution in [0.5, 0.6) is 11.5 Å². The zero-order valence-corrected chi connectivity index (χ0v) is 21.1. The van der Waals surface area contributed by atoms with Crippen LogP contribution in [0.2, 0.25) is 0 Å². The van der Waals surface area contributed by atoms with Crippen molar-refractivity contribution in [1.82, 2.24) is 0 Å². The van der Waals surface area contributed by atoms with E-state index in [2.05, 4.69) is 16.6 Å². The number of carbonyl (C=O) groups is 4. The molecule has 2 aliphatic rings. The second kappa shape index (κ2) is 10.4. The molecular formula is C33H19NO6. The molecule has 40 heavy (non-hydrogen) atoms. The highest BCUT2D eigenvalue weighted by molar-refractivity contribution is 6.34. The molecule has 0 atom stereocenters. The van der Waals surface area contributed by atoms with E-state index in [1.165, 1.54) is 12.1 Å². The summed E-state index contributed by atoms with van der Waals surface area (Å²) in [6.07, 6.45) is 10.5. The van der Waals surface area contributed by atoms with Gasteiger partial charge in [-0.2, -0.15) is 0 Å². The van der Waals surface area contributed by atoms with Crippen LogP contribution in [0.1, 0.15) is 58.1 Å². The van der Waals surface area contributed by atoms with E-state index in [-0.39, 0.29) is 22.9 Å². The van der Waals surface area contributed by atoms with Crippen LogP contribution >= 0.6 is 0 Å². The molecule has 192 valence electrons. The lowest BCUT2D eigenvalue weighted by Crippen LogP contribution is -2.29. The number of anilines is 1. The largest absolute Gasteiger partial charge is 0.457 e. The minimum Gasteiger partial charge on any atom is -0.457 e. The van der Waals surface area contributed by atoms with Crippen molar-refractivity contribution in [2.75, 3.05) is 4.90 Å². The zero-order valence-electron chi connectivity index (χ0n) is 21.1. The maximum absolute atomic E-state index is 12.7. The Bertz CT molecular complexity index is 1790. The van der Waals surface area contributed by atoms with E-state index in [9.17, 15) is 19.2 Å². The maximum Gasteiger partial charge on any atom is 0.346 e. The average Bonchev–Trinajstić information content (AvgIpc) is 3.40. The molecule has 0 N–H and O–H groups in total. The Morgan fingerprint density at radius 2 is 1.12 bits per heavy atom. The molecule has 2 heterocycles. The van der Waals surface area contributed by atoms with Gasteiger partial charge in [-0.15, -0.1) is 12.8 Å². The first kappa shape index (κ1) is 25.7. The number of cyclic esters (lactones) is 2. The number of ether oxygens (including phenoxy) is 2. The molecule has 7 heteroatoms. The number of hydrogen-bond acceptors (Lipinski definition) is 6. The number of imide groups is 1. The normalized spacial score (nSPS) is 12.9. The van der Waals surface area contributed by atoms with Crippen LogP contribution in [0.4, 0.5) is 5.69 Å². The maximum atomic E-state index is 12.7. The summed E-state index contributed by atoms with van der Waals surface area (Å²) in [6.45, 7) is 2.01. The third-order valence-electron chi connectivity index (χ3n) is 6.22. The van der Waals surface area contributed by atoms with Gasteiger partial charge in [-0.3, -0.25) is 9.59 Å². The van der Waals surface area contributed by atoms with Crippen LogP contribution < -0.4 is 9.64 Å². The van der Waals surface area contributed by atoms with E-state index < -0.39 is 11.9 Å². The highest BCUT2D eigenvalue weighted by Gasteiger charge is 2.36. The smallest absolute Gasteiger partial charge is 0.346 e. The van der Waals surface area contributed by atoms with Gasteiger partial charge in [0.25, 0.3) is 11.8 Å². The molecule has 0 aromatic heterocycles. The Hall–Kier alpha value is -5.92. The van der Waals surface area contributed by atoms with E-state index in [1.807, 2.05) is 31.2 Å². The van der Waals surface area contributed by atoms with Crippen LogP contribution in [0.25, 0.3) is 0 Å². The number of rotatable bonds is 3. The molecule has 0 radical (unpaired) electrons. The Kier molecular flexibility index (Phi) is 6.72. The fourth-order valence-corrected chi connectivity index (χ4v) is 4.15. The zero-order chi connectivity index (χ0) is 28.4. The van der Waals surface area contributed by atoms with Gasteiger partial charge in [-0.1, -0.05) is 29.5 Å². The van der Waals surface area contributed by atoms with Gasteiger partial charge in [-0.25, -0.2) is 14.5 Å². The molecule has 0 bridgehead atoms. The molecule has 0 unspecified atom stereocenters. The van der Waals surface area contributed by atoms with Crippen LogP contribution in [-0.4, -0.2) is 23.8 Å². The van der Waals surface area contributed by atoms with Gasteiger partial charge in [-0.05, 0) is 79.7 Å². The molecule has 7 nitrogen and oxygen atoms in total. The molecule has 2 amide bonds. The van der Waals surface area contributed by atoms with Gasteiger partial charge in [0.2, 0.25) is 0 Å². The van der Waals surface area contributed by atoms with Crippen molar-refractivity contribution in [3.63, 3.8) is 0 Å². The summed E-state index contributed by atoms with van der Waals surface area (Å²) in [5.74, 6) is 4.23. The topological polar surface area (TPSA) is 90.0 Å². The average molecular weight is 526 g/mol. The van der Waals surface area contributed by atoms with Crippen LogP contribution in [0.15, 0.2) is 84.9 Å². The number of terminal acetylenes is 2. The van der Waals surface area contributed by atoms with Crippen molar-refractivity contribution in [3.8, 4) is 36.2 Å². The number of hydrogen-bond donors (Lipinski definition) is 0. The minimum atomic E-state index is -0.628. The second-order valence-corrected chi connectivity index (χ2v) is 8.84. The van der Waals surface area contributed by atoms with Crippen molar-refractivity contribution < 1.29 is 28.7 Å². The van der Waals surface area contributed by atoms with Crippen molar-refractivity contribution in [3.05, 3.63) is 124 Å². The predicted octanol–water partition coefficient (Wildman–Crippen LogP) is 5.55. The third-order valence-corrected chi connectivity index (χ3v) is 6.22. The molecule has 0 saturated heterocycles. The van der Waals surface area contributed by atoms with E-state index in [1.54, 1.807) is 48.5 Å². The first-order valence-electron chi connectivity index (χ1n) is 12.0. The number of benzene rings is 4. The van der Waals surface area contributed by atoms with E-state index in [0.717, 1.165) is 16.2 Å². The number of esters is 2. The summed E-state index contributed by atoms with van der Waals surface area (Å²) in [4.78, 5) is 48.5. The van der Waals surface area contributed by atoms with Crippen LogP contribution in [0, 0.1) is 31.6 Å². The van der Waals surface area contributed by atoms with Gasteiger partial charge in [0.05, 0.1) is 27.9 Å². The Morgan fingerprint density at radius 1 is 0.625 bits per heavy atom. The van der Waals surface area contributed by atoms with Gasteiger partial charge >= 0.3 is 11.9 Å². The molecular weight excluding hydrogens is 506 g/mol. The summed E-state index contributed by atoms with van der Waals surface area (Å²) < 4.78 is 10.2. The number of amides is 2. The van der Waals surface area contributed by atoms with Crippen molar-refractivity contribution in [2.45, 2.75) is 6.92 Å². The molecule has 4 aromatic rings. The van der Waals surface area contributed by atoms with E-state index in [0.29, 0.717) is 33.7 Å². The first-order valence-corrected chi connectivity index (χ1v) is 12.0. The fraction of sp³-hybridized carbons (Fsp3) is 0.0303. The molecule has 2 aliphatic heterocycles. The summed E-state index contributed by atoms with van der Waals surface area (Å²) in [6, 6.07) is 23.9. The number of carbonyl (C=O) groups excluding carboxylic acids is 4. The summed E-state index contributed by atoms with van der Waals surface area (Å²) in [5.41, 5.74) is 3.99. The molecule has 0 aliphatic carbocycles. The SMILES string of the molecule is C#Cc1ccc2c(c1)C(=O)N(c1ccc(Oc3ccc(C)cc3)cc1)C2=O.C#Cc1ccc2c(c1)C(=O)OC2=O. The Balaban J connectivity index is 0.000000207. The quantitative estimate of drug-likeness (QED) is 0.151. The highest BCUT2D eigenvalue weighted by Crippen LogP contribution is 2.31. The highest BCUT2D eigenvalue weighted by atomic mass is 16.6. The minimum absolute atomic E-state index is 0.250. The molecule has 0 fully saturated rings. The lowest BCUT2D eigenvalue weighted by Gasteiger charge is -2.14. The molecule has 4 aromatic carbocycles. The summed E-state index contributed by atoms with van der Waals surface area (Å²) in [7, 11) is 0. The monoisotopic (exact) mass is 525 g/mol. The predicted molar refractivity (Wildman–Crippen MR) is 147 cm³/mol. The fourth-order valence-electron chi connectivity index (χ4n) is 4.15. The Morgan fingerprint density at radius 3 is 1.73 bits per heavy atom. The van der Waals surface area contributed by atoms with Gasteiger partial charge in [0.15, 0.2) is 0 Å². The lowest BCUT2D eigenvalue weighted by atomic mass is 10.1. The van der Waals surface area contributed by atoms with Gasteiger partial charge in [0.1, 0.15) is 11.5 Å². The first-order chi connectivity index (χ1) is 19.3. The van der Waals surface area contributed by atoms with E-state index in [4.69, 9.17) is 17.6 Å². The van der Waals surface area contributed by atoms with Crippen molar-refractivity contribution in [2.24, 2.45) is 0 Å². The standard InChI is InChI=1S/C23H15NO3.C10H4O3/c1-3-16-6-13-20-21(14-16)23(26)24(22(20)25)17-7-11-19(12-8-17)27-18-9-4-15(2)5-10-18;1-2-6-3-4-7-8(5-6)10(12)13-9(7)11/h1,4-14H,2H3;1,3-5H. The van der Waals surface area contributed by atoms with E-state index >= 15 is 0 Å². The van der Waals surface area contributed by atoms with Gasteiger partial charge in [0, 0.05) is 11.1 Å². The molecule has 0 spiro atoms. The van der Waals surface area contributed by atoms with Crippen LogP contribution in [0.3, 0.4) is 0 Å². The number of aryl methyl sites for hydroxylation is 1. The summed E-state index contributed by atoms with van der Waals surface area (Å²) in [5, 5.41) is 0. The number of fused-ring (bicyclic) bond motifs is 2. The van der Waals surface area contributed by atoms with Crippen molar-refractivity contribution in [1.29, 1.82) is 0 Å². The van der Waals surface area contributed by atoms with Crippen LogP contribution in [-0.2, 0) is 4.74 Å². The molecule has 0 saturated carbocycles. The molecule has 6 rings (SSSR count). The Labute approximate surface area is 230 Å². The van der Waals surface area contributed by atoms with Gasteiger partial charge < -0.3 is 9.47 Å². The second-order valence-electron chi connectivity index (χ2n) is 8.84. The summed E-state index contributed by atoms with van der Waals surface area (Å²) >= 11 is 0.